The van der Waals surface area contributed by atoms with Gasteiger partial charge in [-0.2, -0.15) is 0 Å². The molecule has 0 radical (unpaired) electrons. The Morgan fingerprint density at radius 3 is 2.89 bits per heavy atom. The van der Waals surface area contributed by atoms with Crippen molar-refractivity contribution in [2.45, 2.75) is 31.8 Å². The summed E-state index contributed by atoms with van der Waals surface area (Å²) in [4.78, 5) is 0. The molecule has 0 aliphatic heterocycles. The Bertz CT molecular complexity index is 120. The fourth-order valence-corrected chi connectivity index (χ4v) is 1.74. The van der Waals surface area contributed by atoms with Crippen molar-refractivity contribution in [3.05, 3.63) is 9.66 Å². The van der Waals surface area contributed by atoms with Crippen molar-refractivity contribution in [2.75, 3.05) is 0 Å². The third-order valence-electron chi connectivity index (χ3n) is 1.69. The van der Waals surface area contributed by atoms with Crippen LogP contribution in [0.3, 0.4) is 0 Å². The molecule has 1 aliphatic carbocycles. The fourth-order valence-electron chi connectivity index (χ4n) is 1.17. The molecule has 1 rings (SSSR count). The zero-order valence-electron chi connectivity index (χ0n) is 5.31. The molecule has 0 aromatic heterocycles. The molecule has 1 N–H and O–H groups in total. The van der Waals surface area contributed by atoms with Gasteiger partial charge in [0.15, 0.2) is 0 Å². The van der Waals surface area contributed by atoms with Crippen LogP contribution >= 0.6 is 22.6 Å². The van der Waals surface area contributed by atoms with Gasteiger partial charge in [0.1, 0.15) is 0 Å². The van der Waals surface area contributed by atoms with Gasteiger partial charge in [0.2, 0.25) is 0 Å². The van der Waals surface area contributed by atoms with Gasteiger partial charge in [0, 0.05) is 0 Å². The van der Waals surface area contributed by atoms with Crippen molar-refractivity contribution in [3.8, 4) is 0 Å². The molecule has 0 aromatic carbocycles. The number of rotatable bonds is 0. The van der Waals surface area contributed by atoms with Gasteiger partial charge in [-0.3, -0.25) is 0 Å². The first-order chi connectivity index (χ1) is 4.33. The number of hydrogen-bond donors (Lipinski definition) is 1. The van der Waals surface area contributed by atoms with E-state index in [-0.39, 0.29) is 6.10 Å². The highest BCUT2D eigenvalue weighted by Crippen LogP contribution is 2.23. The Morgan fingerprint density at radius 2 is 2.44 bits per heavy atom. The first kappa shape index (κ1) is 7.54. The van der Waals surface area contributed by atoms with Gasteiger partial charge in [-0.15, -0.1) is 0 Å². The summed E-state index contributed by atoms with van der Waals surface area (Å²) in [6, 6.07) is 0. The highest BCUT2D eigenvalue weighted by molar-refractivity contribution is 14.1. The minimum atomic E-state index is -0.0558. The van der Waals surface area contributed by atoms with E-state index in [1.807, 2.05) is 0 Å². The topological polar surface area (TPSA) is 20.2 Å². The second-order valence-corrected chi connectivity index (χ2v) is 3.14. The molecule has 1 saturated carbocycles. The monoisotopic (exact) mass is 238 g/mol. The van der Waals surface area contributed by atoms with Crippen molar-refractivity contribution >= 4 is 22.6 Å². The van der Waals surface area contributed by atoms with Gasteiger partial charge in [-0.1, -0.05) is 28.2 Å². The van der Waals surface area contributed by atoms with Crippen molar-refractivity contribution in [2.24, 2.45) is 0 Å². The molecule has 0 amide bonds. The Labute approximate surface area is 69.3 Å². The lowest BCUT2D eigenvalue weighted by Crippen LogP contribution is -2.12. The van der Waals surface area contributed by atoms with Gasteiger partial charge in [-0.05, 0) is 29.8 Å². The van der Waals surface area contributed by atoms with Crippen molar-refractivity contribution in [3.63, 3.8) is 0 Å². The van der Waals surface area contributed by atoms with Crippen LogP contribution < -0.4 is 0 Å². The molecule has 1 fully saturated rings. The third kappa shape index (κ3) is 2.26. The van der Waals surface area contributed by atoms with Crippen LogP contribution in [0, 0.1) is 0 Å². The molecule has 1 aliphatic rings. The minimum absolute atomic E-state index is 0.0558. The van der Waals surface area contributed by atoms with Crippen LogP contribution in [0.15, 0.2) is 9.66 Å². The molecule has 0 spiro atoms. The zero-order valence-corrected chi connectivity index (χ0v) is 7.47. The summed E-state index contributed by atoms with van der Waals surface area (Å²) < 4.78 is 2.10. The van der Waals surface area contributed by atoms with E-state index in [1.165, 1.54) is 12.0 Å². The Morgan fingerprint density at radius 1 is 1.67 bits per heavy atom. The molecular weight excluding hydrogens is 227 g/mol. The standard InChI is InChI=1S/C7H11IO/c8-5-6-2-1-3-7(9)4-6/h5,7,9H,1-4H2. The predicted molar refractivity (Wildman–Crippen MR) is 46.6 cm³/mol. The van der Waals surface area contributed by atoms with Gasteiger partial charge in [0.05, 0.1) is 6.10 Å². The number of halogens is 1. The highest BCUT2D eigenvalue weighted by Gasteiger charge is 2.12. The largest absolute Gasteiger partial charge is 0.393 e. The van der Waals surface area contributed by atoms with E-state index in [0.29, 0.717) is 0 Å². The first-order valence-electron chi connectivity index (χ1n) is 3.29. The first-order valence-corrected chi connectivity index (χ1v) is 4.53. The minimum Gasteiger partial charge on any atom is -0.393 e. The van der Waals surface area contributed by atoms with E-state index in [9.17, 15) is 0 Å². The van der Waals surface area contributed by atoms with Crippen LogP contribution in [0.1, 0.15) is 25.7 Å². The molecule has 1 unspecified atom stereocenters. The van der Waals surface area contributed by atoms with Crippen LogP contribution in [-0.2, 0) is 0 Å². The summed E-state index contributed by atoms with van der Waals surface area (Å²) >= 11 is 2.24. The average molecular weight is 238 g/mol. The van der Waals surface area contributed by atoms with Crippen molar-refractivity contribution < 1.29 is 5.11 Å². The van der Waals surface area contributed by atoms with E-state index in [2.05, 4.69) is 26.7 Å². The fraction of sp³-hybridized carbons (Fsp3) is 0.714. The second-order valence-electron chi connectivity index (χ2n) is 2.52. The Balaban J connectivity index is 2.41. The van der Waals surface area contributed by atoms with Crippen LogP contribution in [0.2, 0.25) is 0 Å². The highest BCUT2D eigenvalue weighted by atomic mass is 127. The molecule has 9 heavy (non-hydrogen) atoms. The molecule has 52 valence electrons. The third-order valence-corrected chi connectivity index (χ3v) is 2.57. The van der Waals surface area contributed by atoms with E-state index >= 15 is 0 Å². The van der Waals surface area contributed by atoms with Crippen molar-refractivity contribution in [1.82, 2.24) is 0 Å². The molecule has 0 saturated heterocycles. The molecule has 0 bridgehead atoms. The summed E-state index contributed by atoms with van der Waals surface area (Å²) in [7, 11) is 0. The smallest absolute Gasteiger partial charge is 0.0577 e. The van der Waals surface area contributed by atoms with Gasteiger partial charge >= 0.3 is 0 Å². The maximum atomic E-state index is 9.17. The average Bonchev–Trinajstić information content (AvgIpc) is 1.88. The van der Waals surface area contributed by atoms with Crippen LogP contribution in [0.4, 0.5) is 0 Å². The molecular formula is C7H11IO. The van der Waals surface area contributed by atoms with Crippen LogP contribution in [-0.4, -0.2) is 11.2 Å². The van der Waals surface area contributed by atoms with E-state index in [4.69, 9.17) is 5.11 Å². The quantitative estimate of drug-likeness (QED) is 0.641. The molecule has 0 aromatic rings. The van der Waals surface area contributed by atoms with E-state index < -0.39 is 0 Å². The number of aliphatic hydroxyl groups excluding tert-OH is 1. The lowest BCUT2D eigenvalue weighted by Gasteiger charge is -2.18. The lowest BCUT2D eigenvalue weighted by atomic mass is 9.94. The lowest BCUT2D eigenvalue weighted by molar-refractivity contribution is 0.149. The molecule has 1 nitrogen and oxygen atoms in total. The van der Waals surface area contributed by atoms with E-state index in [0.717, 1.165) is 19.3 Å². The Hall–Kier alpha value is 0.430. The van der Waals surface area contributed by atoms with Gasteiger partial charge in [0.25, 0.3) is 0 Å². The maximum absolute atomic E-state index is 9.17. The molecule has 1 atom stereocenters. The summed E-state index contributed by atoms with van der Waals surface area (Å²) in [6.07, 6.45) is 4.20. The second kappa shape index (κ2) is 3.56. The van der Waals surface area contributed by atoms with Crippen LogP contribution in [0.25, 0.3) is 0 Å². The Kier molecular flexibility index (Phi) is 2.98. The molecule has 2 heteroatoms. The molecule has 0 heterocycles. The number of aliphatic hydroxyl groups is 1. The summed E-state index contributed by atoms with van der Waals surface area (Å²) in [6.45, 7) is 0. The summed E-state index contributed by atoms with van der Waals surface area (Å²) in [5.74, 6) is 0. The maximum Gasteiger partial charge on any atom is 0.0577 e. The summed E-state index contributed by atoms with van der Waals surface area (Å²) in [5.41, 5.74) is 1.41. The zero-order chi connectivity index (χ0) is 6.69. The van der Waals surface area contributed by atoms with Crippen LogP contribution in [0.5, 0.6) is 0 Å². The van der Waals surface area contributed by atoms with Gasteiger partial charge < -0.3 is 5.11 Å². The normalized spacial score (nSPS) is 33.1. The van der Waals surface area contributed by atoms with Crippen molar-refractivity contribution in [1.29, 1.82) is 0 Å². The number of hydrogen-bond acceptors (Lipinski definition) is 1. The predicted octanol–water partition coefficient (Wildman–Crippen LogP) is 2.24. The van der Waals surface area contributed by atoms with E-state index in [1.54, 1.807) is 0 Å². The van der Waals surface area contributed by atoms with Gasteiger partial charge in [-0.25, -0.2) is 0 Å². The summed E-state index contributed by atoms with van der Waals surface area (Å²) in [5, 5.41) is 9.17. The SMILES string of the molecule is OC1CCCC(=CI)C1.